The molecule has 2 rings (SSSR count). The molecule has 0 unspecified atom stereocenters. The molecule has 0 atom stereocenters. The van der Waals surface area contributed by atoms with Gasteiger partial charge in [-0.25, -0.2) is 4.98 Å². The van der Waals surface area contributed by atoms with Crippen LogP contribution in [0.25, 0.3) is 11.5 Å². The fourth-order valence-corrected chi connectivity index (χ4v) is 0.941. The van der Waals surface area contributed by atoms with E-state index in [4.69, 9.17) is 10.2 Å². The van der Waals surface area contributed by atoms with Crippen molar-refractivity contribution in [2.24, 2.45) is 0 Å². The Morgan fingerprint density at radius 3 is 2.92 bits per heavy atom. The molecule has 0 amide bonds. The number of nitrogen functional groups attached to an aromatic ring is 1. The quantitative estimate of drug-likeness (QED) is 0.685. The molecule has 0 aliphatic rings. The van der Waals surface area contributed by atoms with Gasteiger partial charge in [-0.05, 0) is 6.07 Å². The third-order valence-corrected chi connectivity index (χ3v) is 1.44. The minimum absolute atomic E-state index is 0.537. The number of nitrogens with zero attached hydrogens (tertiary/aromatic N) is 2. The maximum atomic E-state index is 5.53. The first kappa shape index (κ1) is 6.84. The van der Waals surface area contributed by atoms with Gasteiger partial charge in [0.2, 0.25) is 5.89 Å². The Hall–Kier alpha value is -1.84. The van der Waals surface area contributed by atoms with Crippen LogP contribution in [0.2, 0.25) is 0 Å². The smallest absolute Gasteiger partial charge is 0.227 e. The average molecular weight is 161 g/mol. The van der Waals surface area contributed by atoms with Crippen LogP contribution in [0.3, 0.4) is 0 Å². The Bertz CT molecular complexity index is 370. The van der Waals surface area contributed by atoms with E-state index in [1.807, 2.05) is 0 Å². The van der Waals surface area contributed by atoms with Crippen LogP contribution in [0, 0.1) is 0 Å². The molecule has 0 saturated heterocycles. The molecular weight excluding hydrogens is 154 g/mol. The molecule has 0 aromatic carbocycles. The maximum absolute atomic E-state index is 5.53. The molecule has 2 aromatic rings. The molecule has 4 nitrogen and oxygen atoms in total. The molecule has 0 saturated carbocycles. The first-order chi connectivity index (χ1) is 5.86. The Morgan fingerprint density at radius 1 is 1.33 bits per heavy atom. The zero-order valence-electron chi connectivity index (χ0n) is 6.27. The van der Waals surface area contributed by atoms with Crippen LogP contribution in [0.1, 0.15) is 0 Å². The van der Waals surface area contributed by atoms with Gasteiger partial charge in [0.1, 0.15) is 6.26 Å². The topological polar surface area (TPSA) is 64.9 Å². The summed E-state index contributed by atoms with van der Waals surface area (Å²) in [6.45, 7) is 0. The van der Waals surface area contributed by atoms with Crippen molar-refractivity contribution >= 4 is 5.69 Å². The minimum Gasteiger partial charge on any atom is -0.444 e. The molecule has 2 N–H and O–H groups in total. The molecule has 12 heavy (non-hydrogen) atoms. The van der Waals surface area contributed by atoms with Gasteiger partial charge in [0.05, 0.1) is 17.4 Å². The second kappa shape index (κ2) is 2.65. The minimum atomic E-state index is 0.537. The number of nitrogens with two attached hydrogens (primary N) is 1. The number of hydrogen-bond acceptors (Lipinski definition) is 4. The van der Waals surface area contributed by atoms with Crippen LogP contribution in [0.5, 0.6) is 0 Å². The standard InChI is InChI=1S/C8H7N3O/c9-7-3-6(4-10-5-7)8-11-1-2-12-8/h1-5H,9H2. The molecular formula is C8H7N3O. The Balaban J connectivity index is 2.48. The molecule has 0 radical (unpaired) electrons. The fraction of sp³-hybridized carbons (Fsp3) is 0. The number of aromatic nitrogens is 2. The van der Waals surface area contributed by atoms with Crippen molar-refractivity contribution < 1.29 is 4.42 Å². The highest BCUT2D eigenvalue weighted by atomic mass is 16.3. The maximum Gasteiger partial charge on any atom is 0.227 e. The lowest BCUT2D eigenvalue weighted by molar-refractivity contribution is 0.574. The van der Waals surface area contributed by atoms with E-state index in [0.717, 1.165) is 5.56 Å². The van der Waals surface area contributed by atoms with Crippen molar-refractivity contribution in [1.29, 1.82) is 0 Å². The largest absolute Gasteiger partial charge is 0.444 e. The number of anilines is 1. The summed E-state index contributed by atoms with van der Waals surface area (Å²) < 4.78 is 5.07. The van der Waals surface area contributed by atoms with Gasteiger partial charge in [-0.2, -0.15) is 0 Å². The van der Waals surface area contributed by atoms with Crippen molar-refractivity contribution in [2.45, 2.75) is 0 Å². The zero-order chi connectivity index (χ0) is 8.39. The van der Waals surface area contributed by atoms with Crippen LogP contribution >= 0.6 is 0 Å². The predicted molar refractivity (Wildman–Crippen MR) is 44.1 cm³/mol. The number of pyridine rings is 1. The van der Waals surface area contributed by atoms with E-state index in [1.54, 1.807) is 24.7 Å². The Morgan fingerprint density at radius 2 is 2.25 bits per heavy atom. The molecule has 60 valence electrons. The zero-order valence-corrected chi connectivity index (χ0v) is 6.27. The van der Waals surface area contributed by atoms with E-state index >= 15 is 0 Å². The lowest BCUT2D eigenvalue weighted by Gasteiger charge is -1.94. The van der Waals surface area contributed by atoms with Crippen LogP contribution in [-0.4, -0.2) is 9.97 Å². The third-order valence-electron chi connectivity index (χ3n) is 1.44. The van der Waals surface area contributed by atoms with Crippen molar-refractivity contribution in [1.82, 2.24) is 9.97 Å². The van der Waals surface area contributed by atoms with Gasteiger partial charge >= 0.3 is 0 Å². The highest BCUT2D eigenvalue weighted by Crippen LogP contribution is 2.17. The summed E-state index contributed by atoms with van der Waals surface area (Å²) in [4.78, 5) is 7.88. The normalized spacial score (nSPS) is 10.0. The predicted octanol–water partition coefficient (Wildman–Crippen LogP) is 1.32. The lowest BCUT2D eigenvalue weighted by atomic mass is 10.3. The molecule has 2 aromatic heterocycles. The van der Waals surface area contributed by atoms with Crippen LogP contribution in [-0.2, 0) is 0 Å². The van der Waals surface area contributed by atoms with E-state index in [9.17, 15) is 0 Å². The number of oxazole rings is 1. The highest BCUT2D eigenvalue weighted by molar-refractivity contribution is 5.57. The van der Waals surface area contributed by atoms with Gasteiger partial charge in [-0.1, -0.05) is 0 Å². The number of rotatable bonds is 1. The van der Waals surface area contributed by atoms with E-state index in [0.29, 0.717) is 11.6 Å². The van der Waals surface area contributed by atoms with Gasteiger partial charge in [-0.15, -0.1) is 0 Å². The van der Waals surface area contributed by atoms with Gasteiger partial charge in [0.15, 0.2) is 0 Å². The molecule has 0 bridgehead atoms. The van der Waals surface area contributed by atoms with Gasteiger partial charge in [-0.3, -0.25) is 4.98 Å². The SMILES string of the molecule is Nc1cncc(-c2ncco2)c1. The molecule has 0 aliphatic carbocycles. The van der Waals surface area contributed by atoms with Crippen molar-refractivity contribution in [3.05, 3.63) is 30.9 Å². The van der Waals surface area contributed by atoms with E-state index in [-0.39, 0.29) is 0 Å². The van der Waals surface area contributed by atoms with Gasteiger partial charge in [0, 0.05) is 12.4 Å². The van der Waals surface area contributed by atoms with E-state index < -0.39 is 0 Å². The number of hydrogen-bond donors (Lipinski definition) is 1. The van der Waals surface area contributed by atoms with Crippen LogP contribution in [0.15, 0.2) is 35.3 Å². The summed E-state index contributed by atoms with van der Waals surface area (Å²) >= 11 is 0. The monoisotopic (exact) mass is 161 g/mol. The summed E-state index contributed by atoms with van der Waals surface area (Å²) in [7, 11) is 0. The summed E-state index contributed by atoms with van der Waals surface area (Å²) in [6, 6.07) is 1.76. The van der Waals surface area contributed by atoms with Crippen molar-refractivity contribution in [3.63, 3.8) is 0 Å². The van der Waals surface area contributed by atoms with Gasteiger partial charge in [0.25, 0.3) is 0 Å². The molecule has 0 fully saturated rings. The summed E-state index contributed by atoms with van der Waals surface area (Å²) in [5.74, 6) is 0.537. The first-order valence-electron chi connectivity index (χ1n) is 3.46. The van der Waals surface area contributed by atoms with Crippen LogP contribution in [0.4, 0.5) is 5.69 Å². The van der Waals surface area contributed by atoms with Crippen molar-refractivity contribution in [3.8, 4) is 11.5 Å². The Labute approximate surface area is 69.1 Å². The fourth-order valence-electron chi connectivity index (χ4n) is 0.941. The lowest BCUT2D eigenvalue weighted by Crippen LogP contribution is -1.87. The van der Waals surface area contributed by atoms with Crippen LogP contribution < -0.4 is 5.73 Å². The molecule has 4 heteroatoms. The van der Waals surface area contributed by atoms with Gasteiger partial charge < -0.3 is 10.2 Å². The first-order valence-corrected chi connectivity index (χ1v) is 3.46. The second-order valence-electron chi connectivity index (χ2n) is 2.34. The van der Waals surface area contributed by atoms with Crippen molar-refractivity contribution in [2.75, 3.05) is 5.73 Å². The second-order valence-corrected chi connectivity index (χ2v) is 2.34. The van der Waals surface area contributed by atoms with E-state index in [2.05, 4.69) is 9.97 Å². The summed E-state index contributed by atoms with van der Waals surface area (Å²) in [5.41, 5.74) is 6.93. The molecule has 0 aliphatic heterocycles. The Kier molecular flexibility index (Phi) is 1.51. The molecule has 0 spiro atoms. The molecule has 2 heterocycles. The summed E-state index contributed by atoms with van der Waals surface area (Å²) in [6.07, 6.45) is 6.33. The highest BCUT2D eigenvalue weighted by Gasteiger charge is 2.01. The summed E-state index contributed by atoms with van der Waals surface area (Å²) in [5, 5.41) is 0. The third kappa shape index (κ3) is 1.14. The van der Waals surface area contributed by atoms with E-state index in [1.165, 1.54) is 6.26 Å². The average Bonchev–Trinajstić information content (AvgIpc) is 2.56.